The minimum absolute atomic E-state index is 0.259. The van der Waals surface area contributed by atoms with Gasteiger partial charge in [-0.2, -0.15) is 4.98 Å². The van der Waals surface area contributed by atoms with Gasteiger partial charge in [-0.3, -0.25) is 9.97 Å². The van der Waals surface area contributed by atoms with Crippen molar-refractivity contribution in [2.24, 2.45) is 0 Å². The van der Waals surface area contributed by atoms with E-state index >= 15 is 0 Å². The normalized spacial score (nSPS) is 13.4. The highest BCUT2D eigenvalue weighted by atomic mass is 16.5. The molecule has 0 unspecified atom stereocenters. The lowest BCUT2D eigenvalue weighted by molar-refractivity contribution is 0.252. The van der Waals surface area contributed by atoms with Crippen LogP contribution in [0, 0.1) is 13.8 Å². The van der Waals surface area contributed by atoms with E-state index in [0.717, 1.165) is 46.9 Å². The summed E-state index contributed by atoms with van der Waals surface area (Å²) in [6.07, 6.45) is 6.30. The summed E-state index contributed by atoms with van der Waals surface area (Å²) in [7, 11) is 0. The molecule has 0 atom stereocenters. The molecule has 2 heterocycles. The lowest BCUT2D eigenvalue weighted by Gasteiger charge is -2.10. The van der Waals surface area contributed by atoms with Gasteiger partial charge in [-0.05, 0) is 50.5 Å². The zero-order valence-electron chi connectivity index (χ0n) is 15.9. The van der Waals surface area contributed by atoms with Crippen LogP contribution in [-0.2, 0) is 6.42 Å². The first kappa shape index (κ1) is 18.1. The third-order valence-corrected chi connectivity index (χ3v) is 4.58. The summed E-state index contributed by atoms with van der Waals surface area (Å²) in [5.41, 5.74) is 4.22. The Bertz CT molecular complexity index is 996. The third kappa shape index (κ3) is 4.33. The topological polar surface area (TPSA) is 106 Å². The minimum atomic E-state index is -0.259. The van der Waals surface area contributed by atoms with E-state index in [1.165, 1.54) is 0 Å². The molecule has 1 aliphatic carbocycles. The van der Waals surface area contributed by atoms with Crippen LogP contribution in [0.1, 0.15) is 41.5 Å². The van der Waals surface area contributed by atoms with Crippen molar-refractivity contribution in [3.63, 3.8) is 0 Å². The fraction of sp³-hybridized carbons (Fsp3) is 0.350. The first-order valence-electron chi connectivity index (χ1n) is 9.35. The number of nitrogens with one attached hydrogen (secondary N) is 2. The molecular weight excluding hydrogens is 356 g/mol. The van der Waals surface area contributed by atoms with Crippen LogP contribution in [0.5, 0.6) is 0 Å². The fourth-order valence-corrected chi connectivity index (χ4v) is 2.90. The molecule has 0 aliphatic heterocycles. The average molecular weight is 378 g/mol. The first-order valence-corrected chi connectivity index (χ1v) is 9.35. The molecule has 8 nitrogen and oxygen atoms in total. The van der Waals surface area contributed by atoms with Gasteiger partial charge in [0.2, 0.25) is 0 Å². The number of carbonyl (C=O) groups is 1. The van der Waals surface area contributed by atoms with Gasteiger partial charge >= 0.3 is 6.03 Å². The van der Waals surface area contributed by atoms with Crippen molar-refractivity contribution in [1.82, 2.24) is 25.4 Å². The van der Waals surface area contributed by atoms with Crippen LogP contribution < -0.4 is 10.6 Å². The number of benzene rings is 1. The van der Waals surface area contributed by atoms with E-state index in [-0.39, 0.29) is 6.03 Å². The second-order valence-electron chi connectivity index (χ2n) is 7.04. The van der Waals surface area contributed by atoms with Crippen molar-refractivity contribution in [1.29, 1.82) is 0 Å². The standard InChI is InChI=1S/C20H22N6O2/c1-12-9-15(19-25-18(26-28-19)14-3-4-14)5-6-17(12)24-20(27)22-8-7-16-11-21-10-13(2)23-16/h5-6,9-11,14H,3-4,7-8H2,1-2H3,(H2,22,24,27). The molecule has 2 aromatic heterocycles. The van der Waals surface area contributed by atoms with Crippen LogP contribution in [0.2, 0.25) is 0 Å². The predicted octanol–water partition coefficient (Wildman–Crippen LogP) is 3.39. The molecule has 1 fully saturated rings. The molecule has 0 spiro atoms. The molecule has 2 amide bonds. The van der Waals surface area contributed by atoms with E-state index in [1.54, 1.807) is 12.4 Å². The van der Waals surface area contributed by atoms with E-state index in [1.807, 2.05) is 32.0 Å². The van der Waals surface area contributed by atoms with Gasteiger partial charge in [-0.1, -0.05) is 5.16 Å². The highest BCUT2D eigenvalue weighted by molar-refractivity contribution is 5.90. The summed E-state index contributed by atoms with van der Waals surface area (Å²) in [4.78, 5) is 25.1. The van der Waals surface area contributed by atoms with Crippen LogP contribution in [0.25, 0.3) is 11.5 Å². The van der Waals surface area contributed by atoms with Gasteiger partial charge < -0.3 is 15.2 Å². The van der Waals surface area contributed by atoms with Crippen molar-refractivity contribution in [2.75, 3.05) is 11.9 Å². The monoisotopic (exact) mass is 378 g/mol. The zero-order chi connectivity index (χ0) is 19.5. The smallest absolute Gasteiger partial charge is 0.319 e. The van der Waals surface area contributed by atoms with Gasteiger partial charge in [0.1, 0.15) is 0 Å². The highest BCUT2D eigenvalue weighted by Gasteiger charge is 2.29. The van der Waals surface area contributed by atoms with E-state index in [0.29, 0.717) is 24.8 Å². The Morgan fingerprint density at radius 1 is 1.21 bits per heavy atom. The van der Waals surface area contributed by atoms with Gasteiger partial charge in [0.25, 0.3) is 5.89 Å². The maximum absolute atomic E-state index is 12.2. The predicted molar refractivity (Wildman–Crippen MR) is 104 cm³/mol. The second kappa shape index (κ2) is 7.75. The van der Waals surface area contributed by atoms with Crippen LogP contribution in [0.4, 0.5) is 10.5 Å². The summed E-state index contributed by atoms with van der Waals surface area (Å²) in [6, 6.07) is 5.39. The Balaban J connectivity index is 1.33. The Morgan fingerprint density at radius 3 is 2.82 bits per heavy atom. The van der Waals surface area contributed by atoms with Crippen molar-refractivity contribution in [3.8, 4) is 11.5 Å². The number of aryl methyl sites for hydroxylation is 2. The molecular formula is C20H22N6O2. The average Bonchev–Trinajstić information content (AvgIpc) is 3.40. The summed E-state index contributed by atoms with van der Waals surface area (Å²) < 4.78 is 5.36. The lowest BCUT2D eigenvalue weighted by Crippen LogP contribution is -2.30. The summed E-state index contributed by atoms with van der Waals surface area (Å²) >= 11 is 0. The SMILES string of the molecule is Cc1cncc(CCNC(=O)Nc2ccc(-c3nc(C4CC4)no3)cc2C)n1. The first-order chi connectivity index (χ1) is 13.6. The number of carbonyl (C=O) groups excluding carboxylic acids is 1. The van der Waals surface area contributed by atoms with Crippen molar-refractivity contribution < 1.29 is 9.32 Å². The molecule has 0 radical (unpaired) electrons. The third-order valence-electron chi connectivity index (χ3n) is 4.58. The van der Waals surface area contributed by atoms with Crippen molar-refractivity contribution in [3.05, 3.63) is 53.4 Å². The zero-order valence-corrected chi connectivity index (χ0v) is 15.9. The second-order valence-corrected chi connectivity index (χ2v) is 7.04. The molecule has 28 heavy (non-hydrogen) atoms. The molecule has 1 aliphatic rings. The van der Waals surface area contributed by atoms with Crippen molar-refractivity contribution in [2.45, 2.75) is 39.0 Å². The molecule has 3 aromatic rings. The summed E-state index contributed by atoms with van der Waals surface area (Å²) in [6.45, 7) is 4.30. The molecule has 1 aromatic carbocycles. The van der Waals surface area contributed by atoms with Crippen LogP contribution in [0.15, 0.2) is 35.1 Å². The fourth-order valence-electron chi connectivity index (χ4n) is 2.90. The number of anilines is 1. The van der Waals surface area contributed by atoms with E-state index in [9.17, 15) is 4.79 Å². The van der Waals surface area contributed by atoms with Gasteiger partial charge in [0.05, 0.1) is 11.4 Å². The number of rotatable bonds is 6. The number of aromatic nitrogens is 4. The minimum Gasteiger partial charge on any atom is -0.337 e. The summed E-state index contributed by atoms with van der Waals surface area (Å²) in [5, 5.41) is 9.75. The molecule has 144 valence electrons. The highest BCUT2D eigenvalue weighted by Crippen LogP contribution is 2.39. The summed E-state index contributed by atoms with van der Waals surface area (Å²) in [5.74, 6) is 1.75. The maximum atomic E-state index is 12.2. The molecule has 0 saturated heterocycles. The molecule has 8 heteroatoms. The van der Waals surface area contributed by atoms with Crippen LogP contribution in [-0.4, -0.2) is 32.7 Å². The molecule has 4 rings (SSSR count). The molecule has 1 saturated carbocycles. The number of hydrogen-bond acceptors (Lipinski definition) is 6. The molecule has 2 N–H and O–H groups in total. The van der Waals surface area contributed by atoms with Gasteiger partial charge in [-0.25, -0.2) is 4.79 Å². The van der Waals surface area contributed by atoms with Crippen LogP contribution >= 0.6 is 0 Å². The number of amides is 2. The van der Waals surface area contributed by atoms with Crippen LogP contribution in [0.3, 0.4) is 0 Å². The Hall–Kier alpha value is -3.29. The largest absolute Gasteiger partial charge is 0.337 e. The Morgan fingerprint density at radius 2 is 2.07 bits per heavy atom. The number of urea groups is 1. The van der Waals surface area contributed by atoms with Crippen molar-refractivity contribution >= 4 is 11.7 Å². The Labute approximate surface area is 162 Å². The lowest BCUT2D eigenvalue weighted by atomic mass is 10.1. The molecule has 0 bridgehead atoms. The number of hydrogen-bond donors (Lipinski definition) is 2. The Kier molecular flexibility index (Phi) is 5.01. The van der Waals surface area contributed by atoms with E-state index in [2.05, 4.69) is 30.7 Å². The van der Waals surface area contributed by atoms with E-state index < -0.39 is 0 Å². The van der Waals surface area contributed by atoms with Gasteiger partial charge in [-0.15, -0.1) is 0 Å². The van der Waals surface area contributed by atoms with Gasteiger partial charge in [0, 0.05) is 42.5 Å². The maximum Gasteiger partial charge on any atom is 0.319 e. The van der Waals surface area contributed by atoms with Gasteiger partial charge in [0.15, 0.2) is 5.82 Å². The number of nitrogens with zero attached hydrogens (tertiary/aromatic N) is 4. The quantitative estimate of drug-likeness (QED) is 0.681. The van der Waals surface area contributed by atoms with E-state index in [4.69, 9.17) is 4.52 Å².